The quantitative estimate of drug-likeness (QED) is 0.224. The van der Waals surface area contributed by atoms with E-state index in [-0.39, 0.29) is 12.5 Å². The minimum absolute atomic E-state index is 0.161. The van der Waals surface area contributed by atoms with Crippen LogP contribution in [-0.2, 0) is 33.9 Å². The normalized spacial score (nSPS) is 12.7. The molecule has 0 saturated carbocycles. The SMILES string of the molecule is CNCCCCCC(=O)O.O=CCn1ccc(-c2cc(Cl)c(Cl)c3[nH]c4c(c23)CN(C(=O)CO)CC4)n1. The van der Waals surface area contributed by atoms with Crippen molar-refractivity contribution in [2.24, 2.45) is 0 Å². The number of halogens is 2. The van der Waals surface area contributed by atoms with Gasteiger partial charge in [-0.05, 0) is 38.6 Å². The summed E-state index contributed by atoms with van der Waals surface area (Å²) in [5, 5.41) is 26.5. The second-order valence-electron chi connectivity index (χ2n) is 8.67. The Morgan fingerprint density at radius 1 is 1.27 bits per heavy atom. The van der Waals surface area contributed by atoms with Crippen LogP contribution in [0.1, 0.15) is 36.9 Å². The number of unbranched alkanes of at least 4 members (excludes halogenated alkanes) is 2. The van der Waals surface area contributed by atoms with Gasteiger partial charge < -0.3 is 30.2 Å². The van der Waals surface area contributed by atoms with Gasteiger partial charge in [-0.15, -0.1) is 0 Å². The lowest BCUT2D eigenvalue weighted by Crippen LogP contribution is -2.37. The maximum Gasteiger partial charge on any atom is 0.303 e. The number of aliphatic carboxylic acids is 1. The average Bonchev–Trinajstić information content (AvgIpc) is 3.51. The van der Waals surface area contributed by atoms with Gasteiger partial charge >= 0.3 is 5.97 Å². The van der Waals surface area contributed by atoms with Gasteiger partial charge in [-0.3, -0.25) is 14.3 Å². The summed E-state index contributed by atoms with van der Waals surface area (Å²) < 4.78 is 1.54. The predicted molar refractivity (Wildman–Crippen MR) is 142 cm³/mol. The van der Waals surface area contributed by atoms with Gasteiger partial charge in [0.25, 0.3) is 0 Å². The van der Waals surface area contributed by atoms with Crippen molar-refractivity contribution in [1.82, 2.24) is 25.0 Å². The van der Waals surface area contributed by atoms with E-state index in [9.17, 15) is 19.5 Å². The van der Waals surface area contributed by atoms with Crippen LogP contribution in [0.5, 0.6) is 0 Å². The lowest BCUT2D eigenvalue weighted by atomic mass is 9.99. The fraction of sp³-hybridized carbons (Fsp3) is 0.440. The monoisotopic (exact) mass is 551 g/mol. The number of aliphatic hydroxyl groups excluding tert-OH is 1. The average molecular weight is 552 g/mol. The number of fused-ring (bicyclic) bond motifs is 3. The number of nitrogens with zero attached hydrogens (tertiary/aromatic N) is 3. The molecule has 0 saturated heterocycles. The van der Waals surface area contributed by atoms with Crippen molar-refractivity contribution in [3.8, 4) is 11.3 Å². The molecule has 0 aliphatic carbocycles. The lowest BCUT2D eigenvalue weighted by Gasteiger charge is -2.26. The highest BCUT2D eigenvalue weighted by molar-refractivity contribution is 6.45. The van der Waals surface area contributed by atoms with Gasteiger partial charge in [-0.2, -0.15) is 5.10 Å². The molecule has 10 nitrogen and oxygen atoms in total. The second-order valence-corrected chi connectivity index (χ2v) is 9.46. The summed E-state index contributed by atoms with van der Waals surface area (Å²) >= 11 is 12.8. The predicted octanol–water partition coefficient (Wildman–Crippen LogP) is 3.26. The van der Waals surface area contributed by atoms with Crippen molar-refractivity contribution in [1.29, 1.82) is 0 Å². The number of nitrogens with one attached hydrogen (secondary N) is 2. The summed E-state index contributed by atoms with van der Waals surface area (Å²) in [6.07, 6.45) is 6.32. The van der Waals surface area contributed by atoms with Crippen molar-refractivity contribution in [3.05, 3.63) is 39.6 Å². The third-order valence-electron chi connectivity index (χ3n) is 6.13. The molecule has 1 aliphatic rings. The molecular formula is C25H31Cl2N5O5. The molecule has 37 heavy (non-hydrogen) atoms. The zero-order valence-electron chi connectivity index (χ0n) is 20.6. The number of aliphatic hydroxyl groups is 1. The molecule has 3 heterocycles. The molecule has 1 aromatic carbocycles. The van der Waals surface area contributed by atoms with E-state index < -0.39 is 12.6 Å². The zero-order valence-corrected chi connectivity index (χ0v) is 22.1. The summed E-state index contributed by atoms with van der Waals surface area (Å²) in [7, 11) is 1.90. The first kappa shape index (κ1) is 28.6. The van der Waals surface area contributed by atoms with Crippen LogP contribution in [-0.4, -0.2) is 74.8 Å². The third kappa shape index (κ3) is 7.10. The number of benzene rings is 1. The molecule has 4 N–H and O–H groups in total. The van der Waals surface area contributed by atoms with E-state index >= 15 is 0 Å². The number of carboxylic acid groups (broad SMARTS) is 1. The number of carbonyl (C=O) groups is 3. The van der Waals surface area contributed by atoms with Crippen LogP contribution in [0.3, 0.4) is 0 Å². The highest BCUT2D eigenvalue weighted by Gasteiger charge is 2.27. The van der Waals surface area contributed by atoms with E-state index in [0.717, 1.165) is 54.3 Å². The summed E-state index contributed by atoms with van der Waals surface area (Å²) in [5.41, 5.74) is 4.07. The first-order chi connectivity index (χ1) is 17.8. The number of H-pyrrole nitrogens is 1. The fourth-order valence-corrected chi connectivity index (χ4v) is 4.69. The van der Waals surface area contributed by atoms with Gasteiger partial charge in [0, 0.05) is 54.3 Å². The number of aromatic amines is 1. The van der Waals surface area contributed by atoms with E-state index in [1.807, 2.05) is 7.05 Å². The van der Waals surface area contributed by atoms with Crippen molar-refractivity contribution in [2.45, 2.75) is 45.2 Å². The minimum Gasteiger partial charge on any atom is -0.481 e. The Hall–Kier alpha value is -2.92. The van der Waals surface area contributed by atoms with E-state index in [2.05, 4.69) is 15.4 Å². The van der Waals surface area contributed by atoms with Crippen LogP contribution in [0.25, 0.3) is 22.2 Å². The Morgan fingerprint density at radius 2 is 2.05 bits per heavy atom. The summed E-state index contributed by atoms with van der Waals surface area (Å²) in [6.45, 7) is 1.52. The summed E-state index contributed by atoms with van der Waals surface area (Å²) in [4.78, 5) is 37.7. The molecule has 0 bridgehead atoms. The molecule has 3 aromatic rings. The zero-order chi connectivity index (χ0) is 26.9. The Morgan fingerprint density at radius 3 is 2.73 bits per heavy atom. The number of aromatic nitrogens is 3. The summed E-state index contributed by atoms with van der Waals surface area (Å²) in [5.74, 6) is -1.00. The van der Waals surface area contributed by atoms with Crippen molar-refractivity contribution in [3.63, 3.8) is 0 Å². The molecule has 1 amide bonds. The standard InChI is InChI=1S/C18H16Cl2N4O3.C7H15NO2/c19-12-7-10(14-2-4-24(22-14)5-6-25)16-11-8-23(15(27)9-26)3-1-13(11)21-18(16)17(12)20;1-8-6-4-2-3-5-7(9)10/h2,4,6-7,21,26H,1,3,5,8-9H2;8H,2-6H2,1H3,(H,9,10). The number of amides is 1. The maximum atomic E-state index is 12.0. The van der Waals surface area contributed by atoms with E-state index in [0.29, 0.717) is 47.2 Å². The van der Waals surface area contributed by atoms with Crippen LogP contribution in [0.4, 0.5) is 0 Å². The molecule has 4 rings (SSSR count). The van der Waals surface area contributed by atoms with Crippen LogP contribution in [0.2, 0.25) is 10.0 Å². The number of carboxylic acids is 1. The van der Waals surface area contributed by atoms with Crippen LogP contribution < -0.4 is 5.32 Å². The Balaban J connectivity index is 0.000000325. The van der Waals surface area contributed by atoms with Gasteiger partial charge in [0.15, 0.2) is 0 Å². The highest BCUT2D eigenvalue weighted by atomic mass is 35.5. The molecule has 0 radical (unpaired) electrons. The lowest BCUT2D eigenvalue weighted by molar-refractivity contribution is -0.137. The number of hydrogen-bond acceptors (Lipinski definition) is 6. The number of aldehydes is 1. The Bertz CT molecular complexity index is 1260. The van der Waals surface area contributed by atoms with Gasteiger partial charge in [-0.25, -0.2) is 0 Å². The molecule has 2 aromatic heterocycles. The van der Waals surface area contributed by atoms with Crippen molar-refractivity contribution < 1.29 is 24.6 Å². The van der Waals surface area contributed by atoms with Gasteiger partial charge in [0.05, 0.1) is 27.8 Å². The summed E-state index contributed by atoms with van der Waals surface area (Å²) in [6, 6.07) is 3.56. The number of hydrogen-bond donors (Lipinski definition) is 4. The highest BCUT2D eigenvalue weighted by Crippen LogP contribution is 2.41. The third-order valence-corrected chi connectivity index (χ3v) is 6.91. The van der Waals surface area contributed by atoms with Gasteiger partial charge in [0.2, 0.25) is 5.91 Å². The van der Waals surface area contributed by atoms with Crippen LogP contribution in [0.15, 0.2) is 18.3 Å². The molecule has 200 valence electrons. The molecule has 0 fully saturated rings. The second kappa shape index (κ2) is 13.6. The van der Waals surface area contributed by atoms with Crippen molar-refractivity contribution >= 4 is 52.3 Å². The first-order valence-corrected chi connectivity index (χ1v) is 12.8. The van der Waals surface area contributed by atoms with Crippen molar-refractivity contribution in [2.75, 3.05) is 26.7 Å². The Kier molecular flexibility index (Phi) is 10.5. The molecule has 1 aliphatic heterocycles. The maximum absolute atomic E-state index is 12.0. The van der Waals surface area contributed by atoms with Crippen LogP contribution in [0, 0.1) is 0 Å². The topological polar surface area (TPSA) is 141 Å². The van der Waals surface area contributed by atoms with Gasteiger partial charge in [0.1, 0.15) is 12.9 Å². The molecular weight excluding hydrogens is 521 g/mol. The molecule has 0 unspecified atom stereocenters. The molecule has 0 atom stereocenters. The minimum atomic E-state index is -0.690. The molecule has 12 heteroatoms. The first-order valence-electron chi connectivity index (χ1n) is 12.0. The fourth-order valence-electron chi connectivity index (χ4n) is 4.29. The Labute approximate surface area is 224 Å². The number of carbonyl (C=O) groups excluding carboxylic acids is 2. The van der Waals surface area contributed by atoms with Gasteiger partial charge in [-0.1, -0.05) is 29.6 Å². The van der Waals surface area contributed by atoms with E-state index in [1.165, 1.54) is 4.68 Å². The van der Waals surface area contributed by atoms with E-state index in [1.54, 1.807) is 23.2 Å². The smallest absolute Gasteiger partial charge is 0.303 e. The molecule has 0 spiro atoms. The largest absolute Gasteiger partial charge is 0.481 e. The van der Waals surface area contributed by atoms with E-state index in [4.69, 9.17) is 28.3 Å². The number of rotatable bonds is 10. The van der Waals surface area contributed by atoms with Crippen LogP contribution >= 0.6 is 23.2 Å².